The van der Waals surface area contributed by atoms with Gasteiger partial charge in [0.1, 0.15) is 0 Å². The average Bonchev–Trinajstić information content (AvgIpc) is 2.58. The second kappa shape index (κ2) is 9.10. The largest absolute Gasteiger partial charge is 0.354 e. The first-order valence-electron chi connectivity index (χ1n) is 7.49. The third-order valence-corrected chi connectivity index (χ3v) is 3.85. The smallest absolute Gasteiger partial charge is 0.251 e. The van der Waals surface area contributed by atoms with Crippen LogP contribution in [0.3, 0.4) is 0 Å². The van der Waals surface area contributed by atoms with Crippen molar-refractivity contribution in [2.24, 2.45) is 0 Å². The summed E-state index contributed by atoms with van der Waals surface area (Å²) in [6.07, 6.45) is 1.17. The van der Waals surface area contributed by atoms with Crippen LogP contribution in [-0.4, -0.2) is 24.9 Å². The molecule has 2 aromatic carbocycles. The zero-order valence-electron chi connectivity index (χ0n) is 12.7. The Morgan fingerprint density at radius 2 is 1.52 bits per heavy atom. The number of hydrogen-bond donors (Lipinski definition) is 2. The van der Waals surface area contributed by atoms with Gasteiger partial charge in [-0.2, -0.15) is 0 Å². The number of hydrogen-bond acceptors (Lipinski definition) is 2. The van der Waals surface area contributed by atoms with E-state index in [2.05, 4.69) is 26.6 Å². The fourth-order valence-corrected chi connectivity index (χ4v) is 2.34. The Balaban J connectivity index is 1.62. The minimum absolute atomic E-state index is 0.00764. The van der Waals surface area contributed by atoms with Crippen LogP contribution in [0, 0.1) is 0 Å². The van der Waals surface area contributed by atoms with Crippen LogP contribution >= 0.6 is 15.9 Å². The molecule has 0 aliphatic heterocycles. The third-order valence-electron chi connectivity index (χ3n) is 3.32. The monoisotopic (exact) mass is 374 g/mol. The molecular formula is C18H19BrN2O2. The van der Waals surface area contributed by atoms with Crippen LogP contribution in [0.25, 0.3) is 0 Å². The topological polar surface area (TPSA) is 58.2 Å². The van der Waals surface area contributed by atoms with Crippen molar-refractivity contribution < 1.29 is 9.59 Å². The Morgan fingerprint density at radius 3 is 2.22 bits per heavy atom. The molecule has 0 bridgehead atoms. The third kappa shape index (κ3) is 6.24. The molecule has 0 fully saturated rings. The number of aryl methyl sites for hydroxylation is 1. The SMILES string of the molecule is O=C(CCc1ccccc1)NCCNC(=O)c1ccc(Br)cc1. The van der Waals surface area contributed by atoms with E-state index >= 15 is 0 Å². The van der Waals surface area contributed by atoms with Crippen molar-refractivity contribution in [2.45, 2.75) is 12.8 Å². The first-order chi connectivity index (χ1) is 11.1. The van der Waals surface area contributed by atoms with Crippen LogP contribution in [0.15, 0.2) is 59.1 Å². The lowest BCUT2D eigenvalue weighted by Gasteiger charge is -2.07. The molecule has 0 saturated carbocycles. The zero-order chi connectivity index (χ0) is 16.5. The van der Waals surface area contributed by atoms with Crippen molar-refractivity contribution in [3.05, 3.63) is 70.2 Å². The van der Waals surface area contributed by atoms with Crippen molar-refractivity contribution in [2.75, 3.05) is 13.1 Å². The molecule has 0 atom stereocenters. The van der Waals surface area contributed by atoms with Gasteiger partial charge in [-0.25, -0.2) is 0 Å². The number of halogens is 1. The average molecular weight is 375 g/mol. The molecule has 0 radical (unpaired) electrons. The van der Waals surface area contributed by atoms with Crippen LogP contribution in [0.4, 0.5) is 0 Å². The summed E-state index contributed by atoms with van der Waals surface area (Å²) in [5.41, 5.74) is 1.75. The molecule has 120 valence electrons. The molecule has 2 N–H and O–H groups in total. The lowest BCUT2D eigenvalue weighted by atomic mass is 10.1. The number of amides is 2. The maximum atomic E-state index is 11.9. The second-order valence-corrected chi connectivity index (χ2v) is 6.01. The standard InChI is InChI=1S/C18H19BrN2O2/c19-16-9-7-15(8-10-16)18(23)21-13-12-20-17(22)11-6-14-4-2-1-3-5-14/h1-5,7-10H,6,11-13H2,(H,20,22)(H,21,23). The predicted molar refractivity (Wildman–Crippen MR) is 94.2 cm³/mol. The highest BCUT2D eigenvalue weighted by Gasteiger charge is 2.05. The molecule has 4 nitrogen and oxygen atoms in total. The zero-order valence-corrected chi connectivity index (χ0v) is 14.3. The summed E-state index contributed by atoms with van der Waals surface area (Å²) in [6.45, 7) is 0.835. The lowest BCUT2D eigenvalue weighted by Crippen LogP contribution is -2.34. The summed E-state index contributed by atoms with van der Waals surface area (Å²) in [5, 5.41) is 5.59. The fourth-order valence-electron chi connectivity index (χ4n) is 2.07. The fraction of sp³-hybridized carbons (Fsp3) is 0.222. The number of carbonyl (C=O) groups is 2. The van der Waals surface area contributed by atoms with E-state index in [9.17, 15) is 9.59 Å². The van der Waals surface area contributed by atoms with E-state index in [0.717, 1.165) is 16.5 Å². The maximum absolute atomic E-state index is 11.9. The number of carbonyl (C=O) groups excluding carboxylic acids is 2. The van der Waals surface area contributed by atoms with E-state index in [-0.39, 0.29) is 11.8 Å². The van der Waals surface area contributed by atoms with Gasteiger partial charge in [0.05, 0.1) is 0 Å². The Bertz CT molecular complexity index is 642. The van der Waals surface area contributed by atoms with E-state index in [1.54, 1.807) is 12.1 Å². The molecule has 0 aliphatic rings. The summed E-state index contributed by atoms with van der Waals surface area (Å²) in [4.78, 5) is 23.6. The first-order valence-corrected chi connectivity index (χ1v) is 8.29. The molecule has 0 saturated heterocycles. The van der Waals surface area contributed by atoms with Gasteiger partial charge >= 0.3 is 0 Å². The Morgan fingerprint density at radius 1 is 0.870 bits per heavy atom. The Kier molecular flexibility index (Phi) is 6.81. The van der Waals surface area contributed by atoms with Gasteiger partial charge in [0.25, 0.3) is 5.91 Å². The van der Waals surface area contributed by atoms with Crippen LogP contribution in [0.2, 0.25) is 0 Å². The number of nitrogens with one attached hydrogen (secondary N) is 2. The number of benzene rings is 2. The van der Waals surface area contributed by atoms with Crippen molar-refractivity contribution in [3.8, 4) is 0 Å². The van der Waals surface area contributed by atoms with Crippen molar-refractivity contribution in [3.63, 3.8) is 0 Å². The molecule has 0 aliphatic carbocycles. The highest BCUT2D eigenvalue weighted by atomic mass is 79.9. The van der Waals surface area contributed by atoms with Gasteiger partial charge in [-0.1, -0.05) is 46.3 Å². The molecular weight excluding hydrogens is 356 g/mol. The summed E-state index contributed by atoms with van der Waals surface area (Å²) in [6, 6.07) is 17.0. The molecule has 2 amide bonds. The maximum Gasteiger partial charge on any atom is 0.251 e. The molecule has 23 heavy (non-hydrogen) atoms. The van der Waals surface area contributed by atoms with Gasteiger partial charge < -0.3 is 10.6 Å². The summed E-state index contributed by atoms with van der Waals surface area (Å²) in [5.74, 6) is -0.150. The molecule has 2 aromatic rings. The molecule has 5 heteroatoms. The van der Waals surface area contributed by atoms with Gasteiger partial charge in [-0.3, -0.25) is 9.59 Å². The summed E-state index contributed by atoms with van der Waals surface area (Å²) < 4.78 is 0.930. The van der Waals surface area contributed by atoms with E-state index in [1.165, 1.54) is 0 Å². The van der Waals surface area contributed by atoms with Crippen molar-refractivity contribution in [1.82, 2.24) is 10.6 Å². The summed E-state index contributed by atoms with van der Waals surface area (Å²) >= 11 is 3.33. The van der Waals surface area contributed by atoms with Gasteiger partial charge in [0, 0.05) is 29.5 Å². The van der Waals surface area contributed by atoms with Gasteiger partial charge in [-0.05, 0) is 36.2 Å². The minimum Gasteiger partial charge on any atom is -0.354 e. The second-order valence-electron chi connectivity index (χ2n) is 5.10. The van der Waals surface area contributed by atoms with E-state index in [1.807, 2.05) is 42.5 Å². The Hall–Kier alpha value is -2.14. The first kappa shape index (κ1) is 17.2. The predicted octanol–water partition coefficient (Wildman–Crippen LogP) is 2.93. The highest BCUT2D eigenvalue weighted by molar-refractivity contribution is 9.10. The molecule has 0 unspecified atom stereocenters. The normalized spacial score (nSPS) is 10.1. The van der Waals surface area contributed by atoms with E-state index in [4.69, 9.17) is 0 Å². The lowest BCUT2D eigenvalue weighted by molar-refractivity contribution is -0.121. The molecule has 0 aromatic heterocycles. The van der Waals surface area contributed by atoms with E-state index in [0.29, 0.717) is 25.1 Å². The minimum atomic E-state index is -0.143. The number of rotatable bonds is 7. The van der Waals surface area contributed by atoms with Crippen molar-refractivity contribution >= 4 is 27.7 Å². The van der Waals surface area contributed by atoms with Crippen LogP contribution < -0.4 is 10.6 Å². The van der Waals surface area contributed by atoms with E-state index < -0.39 is 0 Å². The van der Waals surface area contributed by atoms with Gasteiger partial charge in [-0.15, -0.1) is 0 Å². The van der Waals surface area contributed by atoms with Crippen LogP contribution in [0.5, 0.6) is 0 Å². The Labute approximate surface area is 144 Å². The molecule has 0 heterocycles. The molecule has 0 spiro atoms. The van der Waals surface area contributed by atoms with Crippen LogP contribution in [-0.2, 0) is 11.2 Å². The molecule has 2 rings (SSSR count). The van der Waals surface area contributed by atoms with Gasteiger partial charge in [0.15, 0.2) is 0 Å². The highest BCUT2D eigenvalue weighted by Crippen LogP contribution is 2.10. The summed E-state index contributed by atoms with van der Waals surface area (Å²) in [7, 11) is 0. The van der Waals surface area contributed by atoms with Gasteiger partial charge in [0.2, 0.25) is 5.91 Å². The quantitative estimate of drug-likeness (QED) is 0.732. The van der Waals surface area contributed by atoms with Crippen LogP contribution in [0.1, 0.15) is 22.3 Å². The van der Waals surface area contributed by atoms with Crippen molar-refractivity contribution in [1.29, 1.82) is 0 Å².